The van der Waals surface area contributed by atoms with Crippen LogP contribution in [0.25, 0.3) is 0 Å². The smallest absolute Gasteiger partial charge is 0.138 e. The lowest BCUT2D eigenvalue weighted by molar-refractivity contribution is 0.337. The molecule has 1 rings (SSSR count). The van der Waals surface area contributed by atoms with Crippen LogP contribution in [-0.4, -0.2) is 21.3 Å². The van der Waals surface area contributed by atoms with Crippen LogP contribution in [0.5, 0.6) is 0 Å². The Morgan fingerprint density at radius 3 is 2.69 bits per heavy atom. The van der Waals surface area contributed by atoms with Gasteiger partial charge in [0.05, 0.1) is 0 Å². The van der Waals surface area contributed by atoms with Crippen LogP contribution in [0.2, 0.25) is 0 Å². The summed E-state index contributed by atoms with van der Waals surface area (Å²) in [7, 11) is 0. The molecule has 0 spiro atoms. The summed E-state index contributed by atoms with van der Waals surface area (Å²) in [5.74, 6) is 2.50. The van der Waals surface area contributed by atoms with Gasteiger partial charge in [-0.25, -0.2) is 4.98 Å². The van der Waals surface area contributed by atoms with Crippen molar-refractivity contribution in [1.29, 1.82) is 0 Å². The van der Waals surface area contributed by atoms with Crippen molar-refractivity contribution in [1.82, 2.24) is 14.8 Å². The molecule has 0 aromatic carbocycles. The fourth-order valence-corrected chi connectivity index (χ4v) is 2.09. The van der Waals surface area contributed by atoms with Crippen LogP contribution in [-0.2, 0) is 13.0 Å². The van der Waals surface area contributed by atoms with E-state index in [0.29, 0.717) is 11.8 Å². The van der Waals surface area contributed by atoms with E-state index < -0.39 is 0 Å². The summed E-state index contributed by atoms with van der Waals surface area (Å²) in [6.45, 7) is 8.32. The molecule has 0 aliphatic carbocycles. The molecule has 16 heavy (non-hydrogen) atoms. The zero-order valence-electron chi connectivity index (χ0n) is 10.7. The molecule has 0 amide bonds. The number of aromatic nitrogens is 3. The first kappa shape index (κ1) is 13.2. The molecule has 0 saturated heterocycles. The highest BCUT2D eigenvalue weighted by molar-refractivity contribution is 4.85. The molecule has 2 N–H and O–H groups in total. The zero-order valence-corrected chi connectivity index (χ0v) is 10.7. The van der Waals surface area contributed by atoms with Gasteiger partial charge in [0.25, 0.3) is 0 Å². The van der Waals surface area contributed by atoms with Crippen molar-refractivity contribution < 1.29 is 0 Å². The molecule has 92 valence electrons. The van der Waals surface area contributed by atoms with Crippen LogP contribution in [0, 0.1) is 11.8 Å². The first-order chi connectivity index (χ1) is 7.69. The van der Waals surface area contributed by atoms with E-state index in [4.69, 9.17) is 5.73 Å². The van der Waals surface area contributed by atoms with Gasteiger partial charge < -0.3 is 5.73 Å². The van der Waals surface area contributed by atoms with Gasteiger partial charge >= 0.3 is 0 Å². The number of hydrogen-bond donors (Lipinski definition) is 1. The van der Waals surface area contributed by atoms with Crippen molar-refractivity contribution >= 4 is 0 Å². The van der Waals surface area contributed by atoms with Gasteiger partial charge in [-0.05, 0) is 38.1 Å². The SMILES string of the molecule is CCn1ncnc1CCC(CCN)C(C)C. The summed E-state index contributed by atoms with van der Waals surface area (Å²) in [4.78, 5) is 4.30. The van der Waals surface area contributed by atoms with Crippen LogP contribution in [0.1, 0.15) is 39.4 Å². The topological polar surface area (TPSA) is 56.7 Å². The molecule has 1 aromatic rings. The predicted molar refractivity (Wildman–Crippen MR) is 66.0 cm³/mol. The van der Waals surface area contributed by atoms with E-state index in [-0.39, 0.29) is 0 Å². The average molecular weight is 224 g/mol. The highest BCUT2D eigenvalue weighted by Crippen LogP contribution is 2.20. The summed E-state index contributed by atoms with van der Waals surface area (Å²) in [5.41, 5.74) is 5.64. The first-order valence-electron chi connectivity index (χ1n) is 6.25. The lowest BCUT2D eigenvalue weighted by Gasteiger charge is -2.19. The monoisotopic (exact) mass is 224 g/mol. The van der Waals surface area contributed by atoms with E-state index in [1.807, 2.05) is 4.68 Å². The molecule has 1 heterocycles. The molecule has 1 atom stereocenters. The van der Waals surface area contributed by atoms with Crippen molar-refractivity contribution in [3.63, 3.8) is 0 Å². The second-order valence-electron chi connectivity index (χ2n) is 4.61. The van der Waals surface area contributed by atoms with E-state index in [9.17, 15) is 0 Å². The van der Waals surface area contributed by atoms with Crippen molar-refractivity contribution in [2.75, 3.05) is 6.54 Å². The number of nitrogens with two attached hydrogens (primary N) is 1. The quantitative estimate of drug-likeness (QED) is 0.769. The Labute approximate surface area is 98.2 Å². The van der Waals surface area contributed by atoms with Gasteiger partial charge in [0.2, 0.25) is 0 Å². The number of aryl methyl sites for hydroxylation is 2. The summed E-state index contributed by atoms with van der Waals surface area (Å²) in [5, 5.41) is 4.18. The molecule has 0 aliphatic rings. The molecule has 0 saturated carbocycles. The van der Waals surface area contributed by atoms with Crippen LogP contribution >= 0.6 is 0 Å². The van der Waals surface area contributed by atoms with Crippen LogP contribution in [0.3, 0.4) is 0 Å². The first-order valence-corrected chi connectivity index (χ1v) is 6.25. The molecular weight excluding hydrogens is 200 g/mol. The Morgan fingerprint density at radius 1 is 1.38 bits per heavy atom. The predicted octanol–water partition coefficient (Wildman–Crippen LogP) is 1.85. The molecular formula is C12H24N4. The molecule has 0 aliphatic heterocycles. The molecule has 0 radical (unpaired) electrons. The minimum absolute atomic E-state index is 0.696. The summed E-state index contributed by atoms with van der Waals surface area (Å²) < 4.78 is 1.97. The molecule has 4 nitrogen and oxygen atoms in total. The molecule has 4 heteroatoms. The molecule has 0 fully saturated rings. The van der Waals surface area contributed by atoms with Crippen molar-refractivity contribution in [3.8, 4) is 0 Å². The number of rotatable bonds is 7. The van der Waals surface area contributed by atoms with Crippen LogP contribution in [0.15, 0.2) is 6.33 Å². The maximum absolute atomic E-state index is 5.64. The van der Waals surface area contributed by atoms with Gasteiger partial charge in [0.1, 0.15) is 12.2 Å². The molecule has 0 bridgehead atoms. The van der Waals surface area contributed by atoms with E-state index >= 15 is 0 Å². The summed E-state index contributed by atoms with van der Waals surface area (Å²) >= 11 is 0. The third kappa shape index (κ3) is 3.59. The Bertz CT molecular complexity index is 293. The summed E-state index contributed by atoms with van der Waals surface area (Å²) in [6.07, 6.45) is 4.92. The van der Waals surface area contributed by atoms with Gasteiger partial charge in [-0.15, -0.1) is 0 Å². The second-order valence-corrected chi connectivity index (χ2v) is 4.61. The highest BCUT2D eigenvalue weighted by atomic mass is 15.3. The zero-order chi connectivity index (χ0) is 12.0. The molecule has 1 aromatic heterocycles. The van der Waals surface area contributed by atoms with Crippen LogP contribution in [0.4, 0.5) is 0 Å². The minimum atomic E-state index is 0.696. The van der Waals surface area contributed by atoms with Gasteiger partial charge in [-0.3, -0.25) is 4.68 Å². The highest BCUT2D eigenvalue weighted by Gasteiger charge is 2.14. The Kier molecular flexibility index (Phi) is 5.46. The van der Waals surface area contributed by atoms with Gasteiger partial charge in [-0.1, -0.05) is 13.8 Å². The lowest BCUT2D eigenvalue weighted by atomic mass is 9.88. The summed E-state index contributed by atoms with van der Waals surface area (Å²) in [6, 6.07) is 0. The van der Waals surface area contributed by atoms with Crippen molar-refractivity contribution in [2.45, 2.75) is 46.6 Å². The van der Waals surface area contributed by atoms with E-state index in [1.165, 1.54) is 0 Å². The Morgan fingerprint density at radius 2 is 2.12 bits per heavy atom. The van der Waals surface area contributed by atoms with Gasteiger partial charge in [0, 0.05) is 13.0 Å². The fourth-order valence-electron chi connectivity index (χ4n) is 2.09. The third-order valence-electron chi connectivity index (χ3n) is 3.21. The maximum Gasteiger partial charge on any atom is 0.138 e. The third-order valence-corrected chi connectivity index (χ3v) is 3.21. The molecule has 1 unspecified atom stereocenters. The largest absolute Gasteiger partial charge is 0.330 e. The Hall–Kier alpha value is -0.900. The maximum atomic E-state index is 5.64. The Balaban J connectivity index is 2.48. The number of hydrogen-bond acceptors (Lipinski definition) is 3. The minimum Gasteiger partial charge on any atom is -0.330 e. The van der Waals surface area contributed by atoms with Crippen LogP contribution < -0.4 is 5.73 Å². The standard InChI is InChI=1S/C12H24N4/c1-4-16-12(14-9-15-16)6-5-11(7-8-13)10(2)3/h9-11H,4-8,13H2,1-3H3. The second kappa shape index (κ2) is 6.63. The number of nitrogens with zero attached hydrogens (tertiary/aromatic N) is 3. The van der Waals surface area contributed by atoms with Gasteiger partial charge in [-0.2, -0.15) is 5.10 Å². The normalized spacial score (nSPS) is 13.3. The van der Waals surface area contributed by atoms with Crippen molar-refractivity contribution in [3.05, 3.63) is 12.2 Å². The fraction of sp³-hybridized carbons (Fsp3) is 0.833. The van der Waals surface area contributed by atoms with E-state index in [2.05, 4.69) is 30.9 Å². The average Bonchev–Trinajstić information content (AvgIpc) is 2.71. The van der Waals surface area contributed by atoms with E-state index in [0.717, 1.165) is 38.2 Å². The van der Waals surface area contributed by atoms with Crippen molar-refractivity contribution in [2.24, 2.45) is 17.6 Å². The van der Waals surface area contributed by atoms with E-state index in [1.54, 1.807) is 6.33 Å². The lowest BCUT2D eigenvalue weighted by Crippen LogP contribution is -2.16. The van der Waals surface area contributed by atoms with Gasteiger partial charge in [0.15, 0.2) is 0 Å².